The van der Waals surface area contributed by atoms with Crippen LogP contribution in [0.3, 0.4) is 0 Å². The molecule has 2 aliphatic rings. The van der Waals surface area contributed by atoms with Gasteiger partial charge in [-0.2, -0.15) is 0 Å². The Morgan fingerprint density at radius 2 is 1.46 bits per heavy atom. The number of hydrogen-bond donors (Lipinski definition) is 2. The Balaban J connectivity index is 0.000000396. The molecule has 1 aliphatic heterocycles. The summed E-state index contributed by atoms with van der Waals surface area (Å²) in [5.41, 5.74) is 0. The van der Waals surface area contributed by atoms with Crippen LogP contribution < -0.4 is 11.2 Å². The van der Waals surface area contributed by atoms with E-state index in [9.17, 15) is 0 Å². The SMILES string of the molecule is CC.NN1CCC(NC2CC2)CC1. The molecule has 3 heteroatoms. The second-order valence-electron chi connectivity index (χ2n) is 3.75. The van der Waals surface area contributed by atoms with Crippen molar-refractivity contribution < 1.29 is 0 Å². The summed E-state index contributed by atoms with van der Waals surface area (Å²) >= 11 is 0. The van der Waals surface area contributed by atoms with Gasteiger partial charge < -0.3 is 5.32 Å². The Hall–Kier alpha value is -0.120. The van der Waals surface area contributed by atoms with Gasteiger partial charge in [0.1, 0.15) is 0 Å². The van der Waals surface area contributed by atoms with Gasteiger partial charge in [0.25, 0.3) is 0 Å². The molecule has 0 aromatic carbocycles. The van der Waals surface area contributed by atoms with Gasteiger partial charge in [-0.15, -0.1) is 0 Å². The smallest absolute Gasteiger partial charge is 0.0143 e. The molecule has 0 radical (unpaired) electrons. The molecule has 13 heavy (non-hydrogen) atoms. The molecule has 1 aliphatic carbocycles. The average Bonchev–Trinajstić information content (AvgIpc) is 2.96. The van der Waals surface area contributed by atoms with Crippen molar-refractivity contribution in [3.8, 4) is 0 Å². The molecule has 78 valence electrons. The zero-order chi connectivity index (χ0) is 9.68. The number of hydrazine groups is 1. The zero-order valence-corrected chi connectivity index (χ0v) is 8.92. The predicted octanol–water partition coefficient (Wildman–Crippen LogP) is 1.10. The molecule has 0 aromatic rings. The van der Waals surface area contributed by atoms with Gasteiger partial charge in [0.2, 0.25) is 0 Å². The molecular formula is C10H23N3. The summed E-state index contributed by atoms with van der Waals surface area (Å²) in [7, 11) is 0. The second kappa shape index (κ2) is 5.58. The minimum atomic E-state index is 0.752. The van der Waals surface area contributed by atoms with E-state index in [1.807, 2.05) is 18.9 Å². The molecule has 0 spiro atoms. The fourth-order valence-electron chi connectivity index (χ4n) is 1.65. The molecule has 1 saturated carbocycles. The third-order valence-corrected chi connectivity index (χ3v) is 2.58. The van der Waals surface area contributed by atoms with Crippen molar-refractivity contribution in [1.82, 2.24) is 10.3 Å². The van der Waals surface area contributed by atoms with E-state index in [4.69, 9.17) is 5.84 Å². The molecule has 0 bridgehead atoms. The first-order valence-corrected chi connectivity index (χ1v) is 5.60. The summed E-state index contributed by atoms with van der Waals surface area (Å²) in [6.07, 6.45) is 5.24. The van der Waals surface area contributed by atoms with E-state index in [-0.39, 0.29) is 0 Å². The highest BCUT2D eigenvalue weighted by molar-refractivity contribution is 4.86. The Bertz CT molecular complexity index is 126. The lowest BCUT2D eigenvalue weighted by atomic mass is 10.1. The first kappa shape index (κ1) is 11.0. The highest BCUT2D eigenvalue weighted by atomic mass is 15.4. The molecule has 1 heterocycles. The van der Waals surface area contributed by atoms with Crippen molar-refractivity contribution in [1.29, 1.82) is 0 Å². The zero-order valence-electron chi connectivity index (χ0n) is 8.92. The van der Waals surface area contributed by atoms with Crippen LogP contribution in [-0.4, -0.2) is 30.2 Å². The highest BCUT2D eigenvalue weighted by Crippen LogP contribution is 2.21. The predicted molar refractivity (Wildman–Crippen MR) is 56.3 cm³/mol. The van der Waals surface area contributed by atoms with E-state index in [0.29, 0.717) is 0 Å². The van der Waals surface area contributed by atoms with Crippen LogP contribution in [-0.2, 0) is 0 Å². The standard InChI is InChI=1S/C8H17N3.C2H6/c9-11-5-3-8(4-6-11)10-7-1-2-7;1-2/h7-8,10H,1-6,9H2;1-2H3. The maximum Gasteiger partial charge on any atom is 0.0143 e. The van der Waals surface area contributed by atoms with Crippen molar-refractivity contribution in [2.45, 2.75) is 51.6 Å². The molecule has 2 fully saturated rings. The summed E-state index contributed by atoms with van der Waals surface area (Å²) in [6, 6.07) is 1.60. The minimum Gasteiger partial charge on any atom is -0.311 e. The van der Waals surface area contributed by atoms with Crippen molar-refractivity contribution in [3.63, 3.8) is 0 Å². The highest BCUT2D eigenvalue weighted by Gasteiger charge is 2.26. The second-order valence-corrected chi connectivity index (χ2v) is 3.75. The number of nitrogens with zero attached hydrogens (tertiary/aromatic N) is 1. The molecule has 0 amide bonds. The normalized spacial score (nSPS) is 25.2. The summed E-state index contributed by atoms with van der Waals surface area (Å²) in [6.45, 7) is 6.12. The van der Waals surface area contributed by atoms with Crippen LogP contribution in [0.15, 0.2) is 0 Å². The van der Waals surface area contributed by atoms with Crippen molar-refractivity contribution in [2.24, 2.45) is 5.84 Å². The lowest BCUT2D eigenvalue weighted by molar-refractivity contribution is 0.201. The van der Waals surface area contributed by atoms with Gasteiger partial charge in [-0.3, -0.25) is 5.84 Å². The first-order chi connectivity index (χ1) is 6.34. The lowest BCUT2D eigenvalue weighted by Crippen LogP contribution is -2.45. The van der Waals surface area contributed by atoms with Crippen LogP contribution in [0.5, 0.6) is 0 Å². The van der Waals surface area contributed by atoms with Gasteiger partial charge in [0.05, 0.1) is 0 Å². The van der Waals surface area contributed by atoms with Crippen LogP contribution >= 0.6 is 0 Å². The summed E-state index contributed by atoms with van der Waals surface area (Å²) in [4.78, 5) is 0. The van der Waals surface area contributed by atoms with Crippen LogP contribution in [0.2, 0.25) is 0 Å². The monoisotopic (exact) mass is 185 g/mol. The maximum atomic E-state index is 5.65. The van der Waals surface area contributed by atoms with Gasteiger partial charge >= 0.3 is 0 Å². The van der Waals surface area contributed by atoms with Gasteiger partial charge in [-0.1, -0.05) is 13.8 Å². The third kappa shape index (κ3) is 4.07. The average molecular weight is 185 g/mol. The Morgan fingerprint density at radius 3 is 1.92 bits per heavy atom. The molecule has 2 rings (SSSR count). The van der Waals surface area contributed by atoms with E-state index in [0.717, 1.165) is 25.2 Å². The molecule has 3 N–H and O–H groups in total. The van der Waals surface area contributed by atoms with E-state index < -0.39 is 0 Å². The summed E-state index contributed by atoms with van der Waals surface area (Å²) in [5, 5.41) is 5.55. The van der Waals surface area contributed by atoms with E-state index in [2.05, 4.69) is 5.32 Å². The number of hydrogen-bond acceptors (Lipinski definition) is 3. The number of nitrogens with two attached hydrogens (primary N) is 1. The van der Waals surface area contributed by atoms with E-state index >= 15 is 0 Å². The molecule has 0 unspecified atom stereocenters. The topological polar surface area (TPSA) is 41.3 Å². The van der Waals surface area contributed by atoms with Gasteiger partial charge in [0, 0.05) is 25.2 Å². The van der Waals surface area contributed by atoms with Crippen molar-refractivity contribution in [3.05, 3.63) is 0 Å². The van der Waals surface area contributed by atoms with Crippen LogP contribution in [0, 0.1) is 0 Å². The fraction of sp³-hybridized carbons (Fsp3) is 1.00. The number of rotatable bonds is 2. The molecule has 1 saturated heterocycles. The number of nitrogens with one attached hydrogen (secondary N) is 1. The quantitative estimate of drug-likeness (QED) is 0.633. The van der Waals surface area contributed by atoms with Crippen LogP contribution in [0.1, 0.15) is 39.5 Å². The van der Waals surface area contributed by atoms with Crippen LogP contribution in [0.4, 0.5) is 0 Å². The Morgan fingerprint density at radius 1 is 1.00 bits per heavy atom. The van der Waals surface area contributed by atoms with Gasteiger partial charge in [0.15, 0.2) is 0 Å². The lowest BCUT2D eigenvalue weighted by Gasteiger charge is -2.29. The van der Waals surface area contributed by atoms with Crippen LogP contribution in [0.25, 0.3) is 0 Å². The summed E-state index contributed by atoms with van der Waals surface area (Å²) in [5.74, 6) is 5.65. The largest absolute Gasteiger partial charge is 0.311 e. The fourth-order valence-corrected chi connectivity index (χ4v) is 1.65. The Labute approximate surface area is 81.6 Å². The van der Waals surface area contributed by atoms with E-state index in [1.54, 1.807) is 0 Å². The molecule has 0 atom stereocenters. The van der Waals surface area contributed by atoms with Gasteiger partial charge in [-0.05, 0) is 25.7 Å². The minimum absolute atomic E-state index is 0.752. The van der Waals surface area contributed by atoms with Crippen molar-refractivity contribution >= 4 is 0 Å². The molecular weight excluding hydrogens is 162 g/mol. The molecule has 0 aromatic heterocycles. The first-order valence-electron chi connectivity index (χ1n) is 5.60. The molecule has 3 nitrogen and oxygen atoms in total. The number of piperidine rings is 1. The Kier molecular flexibility index (Phi) is 4.70. The van der Waals surface area contributed by atoms with E-state index in [1.165, 1.54) is 25.7 Å². The van der Waals surface area contributed by atoms with Crippen molar-refractivity contribution in [2.75, 3.05) is 13.1 Å². The maximum absolute atomic E-state index is 5.65. The third-order valence-electron chi connectivity index (χ3n) is 2.58. The van der Waals surface area contributed by atoms with Gasteiger partial charge in [-0.25, -0.2) is 5.01 Å². The summed E-state index contributed by atoms with van der Waals surface area (Å²) < 4.78 is 0.